The average Bonchev–Trinajstić information content (AvgIpc) is 2.32. The van der Waals surface area contributed by atoms with Crippen molar-refractivity contribution in [3.8, 4) is 0 Å². The monoisotopic (exact) mass is 254 g/mol. The number of halogens is 1. The van der Waals surface area contributed by atoms with Gasteiger partial charge in [-0.05, 0) is 50.7 Å². The molecule has 1 heterocycles. The van der Waals surface area contributed by atoms with E-state index < -0.39 is 0 Å². The molecule has 0 aliphatic carbocycles. The van der Waals surface area contributed by atoms with Crippen molar-refractivity contribution in [3.05, 3.63) is 29.3 Å². The molecule has 94 valence electrons. The highest BCUT2D eigenvalue weighted by Gasteiger charge is 2.33. The molecule has 1 aliphatic heterocycles. The van der Waals surface area contributed by atoms with Crippen molar-refractivity contribution in [1.29, 1.82) is 0 Å². The first-order chi connectivity index (χ1) is 8.13. The third kappa shape index (κ3) is 3.12. The lowest BCUT2D eigenvalue weighted by atomic mass is 9.89. The minimum absolute atomic E-state index is 0.153. The van der Waals surface area contributed by atoms with E-state index in [1.54, 1.807) is 0 Å². The van der Waals surface area contributed by atoms with Gasteiger partial charge in [-0.3, -0.25) is 0 Å². The van der Waals surface area contributed by atoms with Crippen molar-refractivity contribution < 1.29 is 5.11 Å². The van der Waals surface area contributed by atoms with Gasteiger partial charge in [0.1, 0.15) is 0 Å². The number of nitrogens with one attached hydrogen (secondary N) is 1. The van der Waals surface area contributed by atoms with Crippen molar-refractivity contribution >= 4 is 17.3 Å². The summed E-state index contributed by atoms with van der Waals surface area (Å²) in [5, 5.41) is 13.8. The van der Waals surface area contributed by atoms with E-state index in [0.717, 1.165) is 36.6 Å². The van der Waals surface area contributed by atoms with Crippen LogP contribution >= 0.6 is 11.6 Å². The van der Waals surface area contributed by atoms with Crippen LogP contribution in [0.4, 0.5) is 5.69 Å². The van der Waals surface area contributed by atoms with Gasteiger partial charge in [-0.15, -0.1) is 0 Å². The smallest absolute Gasteiger partial charge is 0.0730 e. The summed E-state index contributed by atoms with van der Waals surface area (Å²) in [6, 6.07) is 7.63. The van der Waals surface area contributed by atoms with Crippen LogP contribution in [0.5, 0.6) is 0 Å². The van der Waals surface area contributed by atoms with Crippen molar-refractivity contribution in [2.75, 3.05) is 32.1 Å². The second-order valence-corrected chi connectivity index (χ2v) is 5.35. The first-order valence-corrected chi connectivity index (χ1v) is 6.34. The molecule has 0 amide bonds. The van der Waals surface area contributed by atoms with Crippen LogP contribution in [0.15, 0.2) is 24.3 Å². The summed E-state index contributed by atoms with van der Waals surface area (Å²) in [5.74, 6) is 0. The second-order valence-electron chi connectivity index (χ2n) is 4.91. The quantitative estimate of drug-likeness (QED) is 0.868. The number of likely N-dealkylation sites (tertiary alicyclic amines) is 1. The number of aliphatic hydroxyl groups excluding tert-OH is 1. The van der Waals surface area contributed by atoms with Crippen LogP contribution in [0.3, 0.4) is 0 Å². The van der Waals surface area contributed by atoms with Crippen LogP contribution in [0, 0.1) is 0 Å². The Morgan fingerprint density at radius 1 is 1.41 bits per heavy atom. The molecule has 0 radical (unpaired) electrons. The van der Waals surface area contributed by atoms with Gasteiger partial charge in [-0.2, -0.15) is 0 Å². The summed E-state index contributed by atoms with van der Waals surface area (Å²) in [6.45, 7) is 2.12. The zero-order chi connectivity index (χ0) is 12.3. The van der Waals surface area contributed by atoms with E-state index in [1.165, 1.54) is 0 Å². The Morgan fingerprint density at radius 3 is 2.71 bits per heavy atom. The summed E-state index contributed by atoms with van der Waals surface area (Å²) in [4.78, 5) is 2.25. The van der Waals surface area contributed by atoms with E-state index >= 15 is 0 Å². The Kier molecular flexibility index (Phi) is 3.92. The SMILES string of the molecule is CN1CCCC(CO)(Nc2ccc(Cl)cc2)C1. The fourth-order valence-electron chi connectivity index (χ4n) is 2.47. The van der Waals surface area contributed by atoms with E-state index in [1.807, 2.05) is 24.3 Å². The zero-order valence-corrected chi connectivity index (χ0v) is 10.9. The van der Waals surface area contributed by atoms with Gasteiger partial charge < -0.3 is 15.3 Å². The molecule has 2 N–H and O–H groups in total. The lowest BCUT2D eigenvalue weighted by molar-refractivity contribution is 0.124. The molecular weight excluding hydrogens is 236 g/mol. The highest BCUT2D eigenvalue weighted by molar-refractivity contribution is 6.30. The number of anilines is 1. The molecule has 1 unspecified atom stereocenters. The van der Waals surface area contributed by atoms with Gasteiger partial charge in [0.05, 0.1) is 12.1 Å². The molecule has 0 spiro atoms. The number of nitrogens with zero attached hydrogens (tertiary/aromatic N) is 1. The van der Waals surface area contributed by atoms with E-state index in [9.17, 15) is 5.11 Å². The van der Waals surface area contributed by atoms with Crippen LogP contribution in [-0.2, 0) is 0 Å². The molecule has 2 rings (SSSR count). The van der Waals surface area contributed by atoms with Crippen LogP contribution < -0.4 is 5.32 Å². The normalized spacial score (nSPS) is 25.8. The molecule has 1 atom stereocenters. The van der Waals surface area contributed by atoms with Crippen molar-refractivity contribution in [2.45, 2.75) is 18.4 Å². The van der Waals surface area contributed by atoms with Crippen LogP contribution in [0.1, 0.15) is 12.8 Å². The van der Waals surface area contributed by atoms with Crippen LogP contribution in [0.25, 0.3) is 0 Å². The lowest BCUT2D eigenvalue weighted by Crippen LogP contribution is -2.54. The second kappa shape index (κ2) is 5.25. The van der Waals surface area contributed by atoms with Crippen LogP contribution in [-0.4, -0.2) is 42.3 Å². The standard InChI is InChI=1S/C13H19ClN2O/c1-16-8-2-7-13(9-16,10-17)15-12-5-3-11(14)4-6-12/h3-6,15,17H,2,7-10H2,1H3. The van der Waals surface area contributed by atoms with Gasteiger partial charge >= 0.3 is 0 Å². The van der Waals surface area contributed by atoms with E-state index in [-0.39, 0.29) is 12.1 Å². The molecule has 1 aromatic rings. The topological polar surface area (TPSA) is 35.5 Å². The molecule has 17 heavy (non-hydrogen) atoms. The van der Waals surface area contributed by atoms with Gasteiger partial charge in [0.2, 0.25) is 0 Å². The summed E-state index contributed by atoms with van der Waals surface area (Å²) in [6.07, 6.45) is 2.11. The largest absolute Gasteiger partial charge is 0.394 e. The number of piperidine rings is 1. The highest BCUT2D eigenvalue weighted by Crippen LogP contribution is 2.25. The molecule has 3 nitrogen and oxygen atoms in total. The number of likely N-dealkylation sites (N-methyl/N-ethyl adjacent to an activating group) is 1. The summed E-state index contributed by atoms with van der Waals surface area (Å²) < 4.78 is 0. The summed E-state index contributed by atoms with van der Waals surface area (Å²) in [7, 11) is 2.09. The number of hydrogen-bond acceptors (Lipinski definition) is 3. The molecule has 1 saturated heterocycles. The Morgan fingerprint density at radius 2 is 2.12 bits per heavy atom. The fourth-order valence-corrected chi connectivity index (χ4v) is 2.60. The van der Waals surface area contributed by atoms with E-state index in [4.69, 9.17) is 11.6 Å². The van der Waals surface area contributed by atoms with Gasteiger partial charge in [0, 0.05) is 17.3 Å². The molecule has 1 fully saturated rings. The minimum Gasteiger partial charge on any atom is -0.394 e. The van der Waals surface area contributed by atoms with Gasteiger partial charge in [-0.1, -0.05) is 11.6 Å². The third-order valence-electron chi connectivity index (χ3n) is 3.32. The number of aliphatic hydroxyl groups is 1. The van der Waals surface area contributed by atoms with E-state index in [2.05, 4.69) is 17.3 Å². The number of rotatable bonds is 3. The first kappa shape index (κ1) is 12.7. The minimum atomic E-state index is -0.221. The average molecular weight is 255 g/mol. The predicted octanol–water partition coefficient (Wildman–Crippen LogP) is 2.21. The highest BCUT2D eigenvalue weighted by atomic mass is 35.5. The Balaban J connectivity index is 2.10. The Labute approximate surface area is 107 Å². The predicted molar refractivity (Wildman–Crippen MR) is 71.6 cm³/mol. The lowest BCUT2D eigenvalue weighted by Gasteiger charge is -2.41. The Bertz CT molecular complexity index is 368. The molecule has 0 aromatic heterocycles. The fraction of sp³-hybridized carbons (Fsp3) is 0.538. The number of benzene rings is 1. The molecule has 4 heteroatoms. The van der Waals surface area contributed by atoms with Crippen molar-refractivity contribution in [2.24, 2.45) is 0 Å². The Hall–Kier alpha value is -0.770. The number of hydrogen-bond donors (Lipinski definition) is 2. The van der Waals surface area contributed by atoms with Crippen molar-refractivity contribution in [1.82, 2.24) is 4.90 Å². The first-order valence-electron chi connectivity index (χ1n) is 5.97. The van der Waals surface area contributed by atoms with Crippen molar-refractivity contribution in [3.63, 3.8) is 0 Å². The molecule has 1 aliphatic rings. The maximum Gasteiger partial charge on any atom is 0.0730 e. The maximum absolute atomic E-state index is 9.66. The van der Waals surface area contributed by atoms with E-state index in [0.29, 0.717) is 0 Å². The van der Waals surface area contributed by atoms with Crippen LogP contribution in [0.2, 0.25) is 5.02 Å². The summed E-state index contributed by atoms with van der Waals surface area (Å²) >= 11 is 5.86. The zero-order valence-electron chi connectivity index (χ0n) is 10.1. The maximum atomic E-state index is 9.66. The molecule has 0 saturated carbocycles. The summed E-state index contributed by atoms with van der Waals surface area (Å²) in [5.41, 5.74) is 0.791. The van der Waals surface area contributed by atoms with Gasteiger partial charge in [0.15, 0.2) is 0 Å². The molecule has 1 aromatic carbocycles. The van der Waals surface area contributed by atoms with Gasteiger partial charge in [-0.25, -0.2) is 0 Å². The molecule has 0 bridgehead atoms. The molecular formula is C13H19ClN2O. The third-order valence-corrected chi connectivity index (χ3v) is 3.58. The van der Waals surface area contributed by atoms with Gasteiger partial charge in [0.25, 0.3) is 0 Å².